The minimum Gasteiger partial charge on any atom is -0.370 e. The lowest BCUT2D eigenvalue weighted by atomic mass is 10.3. The number of amides is 2. The molecule has 0 bridgehead atoms. The Morgan fingerprint density at radius 3 is 2.54 bits per heavy atom. The van der Waals surface area contributed by atoms with E-state index in [2.05, 4.69) is 31.2 Å². The van der Waals surface area contributed by atoms with Crippen molar-refractivity contribution in [2.75, 3.05) is 36.1 Å². The summed E-state index contributed by atoms with van der Waals surface area (Å²) in [6, 6.07) is 6.20. The molecule has 0 aliphatic carbocycles. The average molecular weight is 397 g/mol. The first-order valence-corrected chi connectivity index (χ1v) is 9.00. The van der Waals surface area contributed by atoms with Crippen LogP contribution in [0, 0.1) is 6.92 Å². The van der Waals surface area contributed by atoms with E-state index >= 15 is 0 Å². The maximum absolute atomic E-state index is 12.1. The van der Waals surface area contributed by atoms with Crippen molar-refractivity contribution in [1.29, 1.82) is 0 Å². The summed E-state index contributed by atoms with van der Waals surface area (Å²) in [7, 11) is 1.93. The molecule has 1 aromatic heterocycles. The highest BCUT2D eigenvalue weighted by molar-refractivity contribution is 6.42. The summed E-state index contributed by atoms with van der Waals surface area (Å²) in [4.78, 5) is 20.7. The van der Waals surface area contributed by atoms with Gasteiger partial charge in [0.05, 0.1) is 10.0 Å². The van der Waals surface area contributed by atoms with Gasteiger partial charge in [-0.05, 0) is 51.6 Å². The zero-order valence-corrected chi connectivity index (χ0v) is 16.2. The van der Waals surface area contributed by atoms with Crippen molar-refractivity contribution < 1.29 is 4.79 Å². The van der Waals surface area contributed by atoms with Gasteiger partial charge in [-0.15, -0.1) is 0 Å². The molecule has 0 aliphatic rings. The fourth-order valence-corrected chi connectivity index (χ4v) is 2.49. The molecule has 0 saturated heterocycles. The normalized spacial score (nSPS) is 10.5. The van der Waals surface area contributed by atoms with Crippen LogP contribution in [-0.2, 0) is 0 Å². The van der Waals surface area contributed by atoms with Crippen LogP contribution in [0.5, 0.6) is 0 Å². The van der Waals surface area contributed by atoms with Gasteiger partial charge in [0.25, 0.3) is 0 Å². The van der Waals surface area contributed by atoms with E-state index in [4.69, 9.17) is 23.2 Å². The zero-order valence-electron chi connectivity index (χ0n) is 14.7. The number of urea groups is 1. The van der Waals surface area contributed by atoms with Crippen molar-refractivity contribution in [3.8, 4) is 0 Å². The fourth-order valence-electron chi connectivity index (χ4n) is 2.20. The number of unbranched alkanes of at least 4 members (excludes halogenated alkanes) is 1. The van der Waals surface area contributed by atoms with Crippen molar-refractivity contribution in [2.45, 2.75) is 19.8 Å². The Bertz CT molecular complexity index is 756. The molecule has 0 fully saturated rings. The number of halogens is 2. The van der Waals surface area contributed by atoms with E-state index in [1.54, 1.807) is 18.2 Å². The Hall–Kier alpha value is -2.09. The summed E-state index contributed by atoms with van der Waals surface area (Å²) < 4.78 is 0. The van der Waals surface area contributed by atoms with Crippen molar-refractivity contribution in [1.82, 2.24) is 15.3 Å². The van der Waals surface area contributed by atoms with E-state index in [1.165, 1.54) is 0 Å². The lowest BCUT2D eigenvalue weighted by Gasteiger charge is -2.10. The second-order valence-electron chi connectivity index (χ2n) is 5.66. The molecule has 2 rings (SSSR count). The first kappa shape index (κ1) is 20.2. The largest absolute Gasteiger partial charge is 0.370 e. The molecule has 1 heterocycles. The number of carbonyl (C=O) groups excluding carboxylic acids is 1. The number of rotatable bonds is 8. The Balaban J connectivity index is 1.93. The Kier molecular flexibility index (Phi) is 7.90. The molecule has 4 N–H and O–H groups in total. The van der Waals surface area contributed by atoms with Gasteiger partial charge in [0.2, 0.25) is 5.95 Å². The summed E-state index contributed by atoms with van der Waals surface area (Å²) in [6.45, 7) is 3.62. The molecule has 0 aliphatic heterocycles. The Morgan fingerprint density at radius 2 is 1.81 bits per heavy atom. The molecular formula is C17H22Cl2N6O. The number of hydrogen-bond acceptors (Lipinski definition) is 5. The summed E-state index contributed by atoms with van der Waals surface area (Å²) in [5.74, 6) is 0.895. The summed E-state index contributed by atoms with van der Waals surface area (Å²) >= 11 is 11.8. The van der Waals surface area contributed by atoms with Gasteiger partial charge in [-0.2, -0.15) is 4.98 Å². The van der Waals surface area contributed by atoms with E-state index < -0.39 is 6.03 Å². The minimum absolute atomic E-state index is 0.222. The predicted octanol–water partition coefficient (Wildman–Crippen LogP) is 4.15. The molecule has 1 aromatic carbocycles. The van der Waals surface area contributed by atoms with E-state index in [0.717, 1.165) is 31.6 Å². The van der Waals surface area contributed by atoms with Crippen LogP contribution in [0.25, 0.3) is 0 Å². The SMILES string of the molecule is CNCCCCNc1cc(C)nc(NC(=O)Nc2ccc(Cl)c(Cl)c2)n1. The second kappa shape index (κ2) is 10.2. The van der Waals surface area contributed by atoms with Crippen LogP contribution in [0.4, 0.5) is 22.2 Å². The number of benzene rings is 1. The van der Waals surface area contributed by atoms with Gasteiger partial charge >= 0.3 is 6.03 Å². The molecule has 0 atom stereocenters. The lowest BCUT2D eigenvalue weighted by Crippen LogP contribution is -2.21. The van der Waals surface area contributed by atoms with Crippen LogP contribution in [0.3, 0.4) is 0 Å². The maximum atomic E-state index is 12.1. The van der Waals surface area contributed by atoms with Crippen LogP contribution in [0.1, 0.15) is 18.5 Å². The van der Waals surface area contributed by atoms with Gasteiger partial charge in [0.1, 0.15) is 5.82 Å². The van der Waals surface area contributed by atoms with Crippen molar-refractivity contribution in [2.24, 2.45) is 0 Å². The summed E-state index contributed by atoms with van der Waals surface area (Å²) in [5.41, 5.74) is 1.27. The topological polar surface area (TPSA) is 91.0 Å². The maximum Gasteiger partial charge on any atom is 0.326 e. The number of nitrogens with zero attached hydrogens (tertiary/aromatic N) is 2. The number of anilines is 3. The van der Waals surface area contributed by atoms with Gasteiger partial charge in [-0.25, -0.2) is 9.78 Å². The third-order valence-corrected chi connectivity index (χ3v) is 4.16. The minimum atomic E-state index is -0.464. The Morgan fingerprint density at radius 1 is 1.04 bits per heavy atom. The van der Waals surface area contributed by atoms with Gasteiger partial charge in [0, 0.05) is 24.0 Å². The standard InChI is InChI=1S/C17H22Cl2N6O/c1-11-9-15(21-8-4-3-7-20-2)24-16(22-11)25-17(26)23-12-5-6-13(18)14(19)10-12/h5-6,9-10,20H,3-4,7-8H2,1-2H3,(H3,21,22,23,24,25,26). The molecule has 2 aromatic rings. The average Bonchev–Trinajstić information content (AvgIpc) is 2.57. The molecule has 26 heavy (non-hydrogen) atoms. The molecule has 0 radical (unpaired) electrons. The van der Waals surface area contributed by atoms with E-state index in [1.807, 2.05) is 20.0 Å². The fraction of sp³-hybridized carbons (Fsp3) is 0.353. The zero-order chi connectivity index (χ0) is 18.9. The van der Waals surface area contributed by atoms with Gasteiger partial charge in [-0.3, -0.25) is 5.32 Å². The third-order valence-electron chi connectivity index (χ3n) is 3.42. The van der Waals surface area contributed by atoms with Gasteiger partial charge < -0.3 is 16.0 Å². The summed E-state index contributed by atoms with van der Waals surface area (Å²) in [6.07, 6.45) is 2.09. The number of carbonyl (C=O) groups is 1. The van der Waals surface area contributed by atoms with Crippen LogP contribution < -0.4 is 21.3 Å². The molecule has 7 nitrogen and oxygen atoms in total. The number of aromatic nitrogens is 2. The number of nitrogens with one attached hydrogen (secondary N) is 4. The van der Waals surface area contributed by atoms with Gasteiger partial charge in [-0.1, -0.05) is 23.2 Å². The molecule has 0 saturated carbocycles. The summed E-state index contributed by atoms with van der Waals surface area (Å²) in [5, 5.41) is 12.4. The first-order valence-electron chi connectivity index (χ1n) is 8.25. The van der Waals surface area contributed by atoms with E-state index in [9.17, 15) is 4.79 Å². The molecule has 2 amide bonds. The van der Waals surface area contributed by atoms with Crippen molar-refractivity contribution >= 4 is 46.7 Å². The highest BCUT2D eigenvalue weighted by Crippen LogP contribution is 2.25. The highest BCUT2D eigenvalue weighted by Gasteiger charge is 2.08. The smallest absolute Gasteiger partial charge is 0.326 e. The number of aryl methyl sites for hydroxylation is 1. The van der Waals surface area contributed by atoms with Crippen LogP contribution >= 0.6 is 23.2 Å². The van der Waals surface area contributed by atoms with Crippen molar-refractivity contribution in [3.05, 3.63) is 40.0 Å². The van der Waals surface area contributed by atoms with Crippen molar-refractivity contribution in [3.63, 3.8) is 0 Å². The first-order chi connectivity index (χ1) is 12.5. The highest BCUT2D eigenvalue weighted by atomic mass is 35.5. The number of hydrogen-bond donors (Lipinski definition) is 4. The second-order valence-corrected chi connectivity index (χ2v) is 6.48. The molecular weight excluding hydrogens is 375 g/mol. The monoisotopic (exact) mass is 396 g/mol. The van der Waals surface area contributed by atoms with Crippen LogP contribution in [0.15, 0.2) is 24.3 Å². The predicted molar refractivity (Wildman–Crippen MR) is 108 cm³/mol. The molecule has 9 heteroatoms. The van der Waals surface area contributed by atoms with Gasteiger partial charge in [0.15, 0.2) is 0 Å². The third kappa shape index (κ3) is 6.67. The molecule has 0 unspecified atom stereocenters. The van der Waals surface area contributed by atoms with E-state index in [0.29, 0.717) is 21.6 Å². The molecule has 140 valence electrons. The quantitative estimate of drug-likeness (QED) is 0.503. The van der Waals surface area contributed by atoms with Crippen LogP contribution in [-0.4, -0.2) is 36.1 Å². The van der Waals surface area contributed by atoms with Crippen LogP contribution in [0.2, 0.25) is 10.0 Å². The van der Waals surface area contributed by atoms with E-state index in [-0.39, 0.29) is 5.95 Å². The lowest BCUT2D eigenvalue weighted by molar-refractivity contribution is 0.262. The Labute approximate surface area is 162 Å². The molecule has 0 spiro atoms.